The summed E-state index contributed by atoms with van der Waals surface area (Å²) in [4.78, 5) is 4.27. The highest BCUT2D eigenvalue weighted by atomic mass is 32.2. The first-order valence-corrected chi connectivity index (χ1v) is 8.23. The number of aryl methyl sites for hydroxylation is 1. The molecule has 20 heavy (non-hydrogen) atoms. The average Bonchev–Trinajstić information content (AvgIpc) is 2.45. The number of nitrogens with zero attached hydrogens (tertiary/aromatic N) is 2. The summed E-state index contributed by atoms with van der Waals surface area (Å²) >= 11 is 0. The van der Waals surface area contributed by atoms with Gasteiger partial charge in [-0.1, -0.05) is 6.07 Å². The largest absolute Gasteiger partial charge is 0.396 e. The van der Waals surface area contributed by atoms with Gasteiger partial charge in [0, 0.05) is 25.4 Å². The van der Waals surface area contributed by atoms with E-state index in [-0.39, 0.29) is 19.1 Å². The van der Waals surface area contributed by atoms with Gasteiger partial charge in [0.25, 0.3) is 10.2 Å². The van der Waals surface area contributed by atoms with Crippen LogP contribution in [-0.4, -0.2) is 42.5 Å². The van der Waals surface area contributed by atoms with Crippen molar-refractivity contribution in [3.8, 4) is 0 Å². The molecule has 2 rings (SSSR count). The van der Waals surface area contributed by atoms with E-state index in [1.165, 1.54) is 4.31 Å². The number of aliphatic hydroxyl groups excluding tert-OH is 1. The van der Waals surface area contributed by atoms with Gasteiger partial charge in [-0.3, -0.25) is 4.98 Å². The van der Waals surface area contributed by atoms with E-state index in [1.54, 1.807) is 6.07 Å². The molecule has 2 heterocycles. The number of nitrogens with one attached hydrogen (secondary N) is 1. The Balaban J connectivity index is 1.97. The van der Waals surface area contributed by atoms with Crippen LogP contribution in [-0.2, 0) is 16.8 Å². The summed E-state index contributed by atoms with van der Waals surface area (Å²) in [6.45, 7) is 2.98. The van der Waals surface area contributed by atoms with E-state index < -0.39 is 10.2 Å². The molecule has 0 aliphatic carbocycles. The fourth-order valence-corrected chi connectivity index (χ4v) is 3.64. The van der Waals surface area contributed by atoms with Crippen LogP contribution in [0.3, 0.4) is 0 Å². The van der Waals surface area contributed by atoms with Crippen molar-refractivity contribution in [2.24, 2.45) is 5.92 Å². The van der Waals surface area contributed by atoms with Gasteiger partial charge in [-0.2, -0.15) is 17.4 Å². The van der Waals surface area contributed by atoms with Crippen LogP contribution in [0.5, 0.6) is 0 Å². The van der Waals surface area contributed by atoms with Crippen LogP contribution in [0.2, 0.25) is 0 Å². The predicted molar refractivity (Wildman–Crippen MR) is 76.1 cm³/mol. The van der Waals surface area contributed by atoms with Gasteiger partial charge in [-0.15, -0.1) is 0 Å². The Morgan fingerprint density at radius 3 is 3.00 bits per heavy atom. The van der Waals surface area contributed by atoms with Gasteiger partial charge in [0.1, 0.15) is 0 Å². The summed E-state index contributed by atoms with van der Waals surface area (Å²) in [7, 11) is -3.51. The van der Waals surface area contributed by atoms with Crippen LogP contribution < -0.4 is 4.72 Å². The molecule has 7 heteroatoms. The van der Waals surface area contributed by atoms with Crippen molar-refractivity contribution in [3.05, 3.63) is 29.6 Å². The normalized spacial score (nSPS) is 21.0. The summed E-state index contributed by atoms with van der Waals surface area (Å²) in [6, 6.07) is 5.52. The molecule has 1 aliphatic rings. The first kappa shape index (κ1) is 15.4. The maximum Gasteiger partial charge on any atom is 0.279 e. The van der Waals surface area contributed by atoms with E-state index in [9.17, 15) is 8.42 Å². The zero-order chi connectivity index (χ0) is 14.6. The van der Waals surface area contributed by atoms with E-state index in [2.05, 4.69) is 9.71 Å². The minimum absolute atomic E-state index is 0.0332. The molecular formula is C13H21N3O3S. The molecule has 0 bridgehead atoms. The Morgan fingerprint density at radius 2 is 2.30 bits per heavy atom. The Bertz CT molecular complexity index is 548. The fourth-order valence-electron chi connectivity index (χ4n) is 2.35. The predicted octanol–water partition coefficient (Wildman–Crippen LogP) is 0.429. The maximum atomic E-state index is 12.2. The van der Waals surface area contributed by atoms with Gasteiger partial charge in [-0.05, 0) is 37.8 Å². The molecule has 0 radical (unpaired) electrons. The molecule has 0 aromatic carbocycles. The summed E-state index contributed by atoms with van der Waals surface area (Å²) in [6.07, 6.45) is 1.66. The highest BCUT2D eigenvalue weighted by Gasteiger charge is 2.28. The lowest BCUT2D eigenvalue weighted by atomic mass is 10.0. The zero-order valence-electron chi connectivity index (χ0n) is 11.6. The first-order valence-electron chi connectivity index (χ1n) is 6.79. The smallest absolute Gasteiger partial charge is 0.279 e. The van der Waals surface area contributed by atoms with Crippen molar-refractivity contribution in [1.82, 2.24) is 14.0 Å². The van der Waals surface area contributed by atoms with Gasteiger partial charge >= 0.3 is 0 Å². The van der Waals surface area contributed by atoms with Crippen LogP contribution >= 0.6 is 0 Å². The molecule has 0 spiro atoms. The van der Waals surface area contributed by atoms with Crippen LogP contribution in [0.25, 0.3) is 0 Å². The van der Waals surface area contributed by atoms with E-state index in [0.29, 0.717) is 18.8 Å². The number of aliphatic hydroxyl groups is 1. The molecule has 0 amide bonds. The van der Waals surface area contributed by atoms with Crippen molar-refractivity contribution in [3.63, 3.8) is 0 Å². The van der Waals surface area contributed by atoms with Crippen LogP contribution in [0, 0.1) is 12.8 Å². The van der Waals surface area contributed by atoms with Gasteiger partial charge in [-0.25, -0.2) is 0 Å². The van der Waals surface area contributed by atoms with Crippen LogP contribution in [0.15, 0.2) is 18.2 Å². The van der Waals surface area contributed by atoms with E-state index >= 15 is 0 Å². The quantitative estimate of drug-likeness (QED) is 0.826. The zero-order valence-corrected chi connectivity index (χ0v) is 12.4. The molecule has 1 aromatic rings. The number of pyridine rings is 1. The van der Waals surface area contributed by atoms with Gasteiger partial charge in [0.15, 0.2) is 0 Å². The fraction of sp³-hybridized carbons (Fsp3) is 0.615. The number of piperidine rings is 1. The molecule has 0 saturated carbocycles. The van der Waals surface area contributed by atoms with Crippen LogP contribution in [0.1, 0.15) is 24.2 Å². The molecule has 1 atom stereocenters. The Hall–Kier alpha value is -1.02. The Kier molecular flexibility index (Phi) is 5.09. The molecule has 1 aromatic heterocycles. The third-order valence-corrected chi connectivity index (χ3v) is 4.98. The van der Waals surface area contributed by atoms with E-state index in [0.717, 1.165) is 18.5 Å². The second-order valence-corrected chi connectivity index (χ2v) is 6.90. The third-order valence-electron chi connectivity index (χ3n) is 3.46. The minimum atomic E-state index is -3.51. The van der Waals surface area contributed by atoms with E-state index in [1.807, 2.05) is 19.1 Å². The van der Waals surface area contributed by atoms with Crippen LogP contribution in [0.4, 0.5) is 0 Å². The topological polar surface area (TPSA) is 82.5 Å². The molecule has 1 aliphatic heterocycles. The first-order chi connectivity index (χ1) is 9.51. The number of rotatable bonds is 5. The summed E-state index contributed by atoms with van der Waals surface area (Å²) in [5, 5.41) is 9.16. The lowest BCUT2D eigenvalue weighted by Crippen LogP contribution is -2.46. The Morgan fingerprint density at radius 1 is 1.50 bits per heavy atom. The van der Waals surface area contributed by atoms with Crippen molar-refractivity contribution < 1.29 is 13.5 Å². The van der Waals surface area contributed by atoms with Gasteiger partial charge in [0.2, 0.25) is 0 Å². The number of hydrogen-bond acceptors (Lipinski definition) is 4. The average molecular weight is 299 g/mol. The second-order valence-electron chi connectivity index (χ2n) is 5.15. The highest BCUT2D eigenvalue weighted by molar-refractivity contribution is 7.87. The molecule has 112 valence electrons. The summed E-state index contributed by atoms with van der Waals surface area (Å²) in [5.41, 5.74) is 1.56. The van der Waals surface area contributed by atoms with Gasteiger partial charge < -0.3 is 5.11 Å². The van der Waals surface area contributed by atoms with Crippen molar-refractivity contribution in [2.75, 3.05) is 19.7 Å². The third kappa shape index (κ3) is 3.99. The molecule has 6 nitrogen and oxygen atoms in total. The molecule has 1 unspecified atom stereocenters. The lowest BCUT2D eigenvalue weighted by molar-refractivity contribution is 0.164. The molecular weight excluding hydrogens is 278 g/mol. The van der Waals surface area contributed by atoms with Crippen molar-refractivity contribution >= 4 is 10.2 Å². The van der Waals surface area contributed by atoms with Crippen molar-refractivity contribution in [1.29, 1.82) is 0 Å². The monoisotopic (exact) mass is 299 g/mol. The highest BCUT2D eigenvalue weighted by Crippen LogP contribution is 2.18. The standard InChI is InChI=1S/C13H21N3O3S/c1-11-4-2-6-13(15-11)8-14-20(18,19)16-7-3-5-12(9-16)10-17/h2,4,6,12,14,17H,3,5,7-10H2,1H3. The van der Waals surface area contributed by atoms with Gasteiger partial charge in [0.05, 0.1) is 12.2 Å². The molecule has 2 N–H and O–H groups in total. The minimum Gasteiger partial charge on any atom is -0.396 e. The van der Waals surface area contributed by atoms with Crippen molar-refractivity contribution in [2.45, 2.75) is 26.3 Å². The van der Waals surface area contributed by atoms with E-state index in [4.69, 9.17) is 5.11 Å². The maximum absolute atomic E-state index is 12.2. The molecule has 1 fully saturated rings. The second kappa shape index (κ2) is 6.62. The summed E-state index contributed by atoms with van der Waals surface area (Å²) < 4.78 is 28.4. The summed E-state index contributed by atoms with van der Waals surface area (Å²) in [5.74, 6) is 0.0393. The lowest BCUT2D eigenvalue weighted by Gasteiger charge is -2.30. The number of hydrogen-bond donors (Lipinski definition) is 2. The number of aromatic nitrogens is 1. The molecule has 1 saturated heterocycles. The Labute approximate surface area is 120 Å². The SMILES string of the molecule is Cc1cccc(CNS(=O)(=O)N2CCCC(CO)C2)n1.